The van der Waals surface area contributed by atoms with Crippen LogP contribution in [-0.2, 0) is 4.79 Å². The summed E-state index contributed by atoms with van der Waals surface area (Å²) in [5.41, 5.74) is 0. The average molecular weight is 127 g/mol. The lowest BCUT2D eigenvalue weighted by atomic mass is 10.2. The predicted octanol–water partition coefficient (Wildman–Crippen LogP) is 2.10. The highest BCUT2D eigenvalue weighted by Gasteiger charge is 2.18. The summed E-state index contributed by atoms with van der Waals surface area (Å²) in [5, 5.41) is 5.40. The Balaban J connectivity index is 0.000000187. The van der Waals surface area contributed by atoms with Crippen molar-refractivity contribution in [1.82, 2.24) is 0 Å². The molecule has 0 bridgehead atoms. The Morgan fingerprint density at radius 3 is 2.22 bits per heavy atom. The highest BCUT2D eigenvalue weighted by molar-refractivity contribution is 5.26. The third-order valence-electron chi connectivity index (χ3n) is 1.39. The highest BCUT2D eigenvalue weighted by atomic mass is 16.1. The van der Waals surface area contributed by atoms with E-state index in [1.807, 2.05) is 0 Å². The SMILES string of the molecule is CCCC1CC1.N=C=O. The van der Waals surface area contributed by atoms with Crippen molar-refractivity contribution >= 4 is 6.08 Å². The molecule has 9 heavy (non-hydrogen) atoms. The minimum absolute atomic E-state index is 0.750. The van der Waals surface area contributed by atoms with Gasteiger partial charge in [-0.2, -0.15) is 0 Å². The molecule has 0 unspecified atom stereocenters. The zero-order valence-electron chi connectivity index (χ0n) is 5.81. The van der Waals surface area contributed by atoms with Crippen molar-refractivity contribution in [2.45, 2.75) is 32.6 Å². The first-order chi connectivity index (χ1) is 4.35. The molecule has 1 aliphatic rings. The Hall–Kier alpha value is -0.620. The van der Waals surface area contributed by atoms with Crippen LogP contribution in [0, 0.1) is 11.3 Å². The quantitative estimate of drug-likeness (QED) is 0.448. The van der Waals surface area contributed by atoms with Gasteiger partial charge in [0.05, 0.1) is 0 Å². The molecule has 0 atom stereocenters. The Morgan fingerprint density at radius 1 is 1.67 bits per heavy atom. The van der Waals surface area contributed by atoms with E-state index in [1.54, 1.807) is 0 Å². The molecule has 2 nitrogen and oxygen atoms in total. The van der Waals surface area contributed by atoms with Crippen LogP contribution >= 0.6 is 0 Å². The third-order valence-corrected chi connectivity index (χ3v) is 1.39. The van der Waals surface area contributed by atoms with Crippen molar-refractivity contribution in [3.05, 3.63) is 0 Å². The maximum Gasteiger partial charge on any atom is 0.231 e. The first-order valence-corrected chi connectivity index (χ1v) is 3.39. The zero-order valence-corrected chi connectivity index (χ0v) is 5.81. The van der Waals surface area contributed by atoms with Gasteiger partial charge in [0.15, 0.2) is 0 Å². The minimum Gasteiger partial charge on any atom is -0.222 e. The molecule has 1 aliphatic carbocycles. The van der Waals surface area contributed by atoms with Gasteiger partial charge in [-0.25, -0.2) is 10.2 Å². The van der Waals surface area contributed by atoms with E-state index >= 15 is 0 Å². The van der Waals surface area contributed by atoms with E-state index in [4.69, 9.17) is 10.2 Å². The lowest BCUT2D eigenvalue weighted by Crippen LogP contribution is -1.68. The molecule has 0 heterocycles. The Morgan fingerprint density at radius 2 is 2.11 bits per heavy atom. The molecule has 0 radical (unpaired) electrons. The van der Waals surface area contributed by atoms with E-state index in [2.05, 4.69) is 6.92 Å². The van der Waals surface area contributed by atoms with Gasteiger partial charge in [0.25, 0.3) is 0 Å². The molecule has 52 valence electrons. The Bertz CT molecular complexity index is 91.1. The van der Waals surface area contributed by atoms with Gasteiger partial charge in [0.2, 0.25) is 6.08 Å². The van der Waals surface area contributed by atoms with E-state index in [0.717, 1.165) is 12.0 Å². The van der Waals surface area contributed by atoms with Crippen molar-refractivity contribution < 1.29 is 4.79 Å². The van der Waals surface area contributed by atoms with Crippen LogP contribution in [-0.4, -0.2) is 6.08 Å². The Kier molecular flexibility index (Phi) is 5.14. The van der Waals surface area contributed by atoms with E-state index < -0.39 is 0 Å². The van der Waals surface area contributed by atoms with E-state index in [0.29, 0.717) is 0 Å². The van der Waals surface area contributed by atoms with Crippen LogP contribution in [0.1, 0.15) is 32.6 Å². The second kappa shape index (κ2) is 5.52. The van der Waals surface area contributed by atoms with E-state index in [9.17, 15) is 0 Å². The monoisotopic (exact) mass is 127 g/mol. The second-order valence-corrected chi connectivity index (χ2v) is 2.33. The van der Waals surface area contributed by atoms with Crippen molar-refractivity contribution in [3.8, 4) is 0 Å². The lowest BCUT2D eigenvalue weighted by Gasteiger charge is -1.82. The molecular weight excluding hydrogens is 114 g/mol. The van der Waals surface area contributed by atoms with Crippen LogP contribution in [0.4, 0.5) is 0 Å². The standard InChI is InChI=1S/C6H12.CHNO/c1-2-3-6-4-5-6;2-1-3/h6H,2-5H2,1H3;2H. The van der Waals surface area contributed by atoms with Crippen LogP contribution in [0.2, 0.25) is 0 Å². The summed E-state index contributed by atoms with van der Waals surface area (Å²) < 4.78 is 0. The van der Waals surface area contributed by atoms with Crippen molar-refractivity contribution in [2.75, 3.05) is 0 Å². The number of rotatable bonds is 2. The van der Waals surface area contributed by atoms with Crippen LogP contribution in [0.25, 0.3) is 0 Å². The van der Waals surface area contributed by atoms with Crippen molar-refractivity contribution in [2.24, 2.45) is 5.92 Å². The molecule has 1 N–H and O–H groups in total. The van der Waals surface area contributed by atoms with Gasteiger partial charge in [-0.15, -0.1) is 0 Å². The number of nitrogens with one attached hydrogen (secondary N) is 1. The highest BCUT2D eigenvalue weighted by Crippen LogP contribution is 2.32. The Labute approximate surface area is 55.8 Å². The molecule has 1 fully saturated rings. The first kappa shape index (κ1) is 8.38. The molecule has 0 spiro atoms. The molecule has 0 aromatic rings. The van der Waals surface area contributed by atoms with E-state index in [1.165, 1.54) is 25.7 Å². The summed E-state index contributed by atoms with van der Waals surface area (Å²) in [6, 6.07) is 0. The fourth-order valence-corrected chi connectivity index (χ4v) is 0.815. The van der Waals surface area contributed by atoms with Gasteiger partial charge >= 0.3 is 0 Å². The second-order valence-electron chi connectivity index (χ2n) is 2.33. The van der Waals surface area contributed by atoms with Gasteiger partial charge in [0, 0.05) is 0 Å². The largest absolute Gasteiger partial charge is 0.231 e. The van der Waals surface area contributed by atoms with Gasteiger partial charge in [-0.05, 0) is 5.92 Å². The molecule has 0 amide bonds. The van der Waals surface area contributed by atoms with Gasteiger partial charge in [-0.1, -0.05) is 32.6 Å². The molecule has 0 saturated heterocycles. The number of isocyanates is 1. The summed E-state index contributed by atoms with van der Waals surface area (Å²) in [5.74, 6) is 1.15. The summed E-state index contributed by atoms with van der Waals surface area (Å²) in [7, 11) is 0. The summed E-state index contributed by atoms with van der Waals surface area (Å²) in [6.07, 6.45) is 6.67. The zero-order chi connectivity index (χ0) is 7.11. The topological polar surface area (TPSA) is 40.9 Å². The molecule has 1 saturated carbocycles. The molecular formula is C7H13NO. The van der Waals surface area contributed by atoms with Gasteiger partial charge in [-0.3, -0.25) is 0 Å². The molecule has 0 aliphatic heterocycles. The van der Waals surface area contributed by atoms with Gasteiger partial charge in [0.1, 0.15) is 0 Å². The normalized spacial score (nSPS) is 15.2. The van der Waals surface area contributed by atoms with Crippen LogP contribution in [0.5, 0.6) is 0 Å². The maximum atomic E-state index is 8.35. The minimum atomic E-state index is 0.750. The predicted molar refractivity (Wildman–Crippen MR) is 36.0 cm³/mol. The maximum absolute atomic E-state index is 8.35. The summed E-state index contributed by atoms with van der Waals surface area (Å²) in [6.45, 7) is 2.26. The summed E-state index contributed by atoms with van der Waals surface area (Å²) in [4.78, 5) is 8.35. The average Bonchev–Trinajstić information content (AvgIpc) is 2.53. The fourth-order valence-electron chi connectivity index (χ4n) is 0.815. The van der Waals surface area contributed by atoms with Crippen LogP contribution in [0.15, 0.2) is 0 Å². The molecule has 0 aromatic carbocycles. The van der Waals surface area contributed by atoms with Crippen molar-refractivity contribution in [3.63, 3.8) is 0 Å². The molecule has 1 rings (SSSR count). The van der Waals surface area contributed by atoms with Crippen LogP contribution in [0.3, 0.4) is 0 Å². The number of hydrogen-bond acceptors (Lipinski definition) is 2. The van der Waals surface area contributed by atoms with Crippen molar-refractivity contribution in [1.29, 1.82) is 5.41 Å². The van der Waals surface area contributed by atoms with Gasteiger partial charge < -0.3 is 0 Å². The fraction of sp³-hybridized carbons (Fsp3) is 0.857. The van der Waals surface area contributed by atoms with Crippen LogP contribution < -0.4 is 0 Å². The lowest BCUT2D eigenvalue weighted by molar-refractivity contribution is 0.563. The summed E-state index contributed by atoms with van der Waals surface area (Å²) >= 11 is 0. The first-order valence-electron chi connectivity index (χ1n) is 3.39. The number of hydrogen-bond donors (Lipinski definition) is 1. The smallest absolute Gasteiger partial charge is 0.222 e. The molecule has 2 heteroatoms. The van der Waals surface area contributed by atoms with E-state index in [-0.39, 0.29) is 0 Å². The molecule has 0 aromatic heterocycles. The third kappa shape index (κ3) is 7.38. The number of carbonyl (C=O) groups excluding carboxylic acids is 1.